The van der Waals surface area contributed by atoms with E-state index in [0.717, 1.165) is 12.1 Å². The Morgan fingerprint density at radius 2 is 2.10 bits per heavy atom. The highest BCUT2D eigenvalue weighted by atomic mass is 35.5. The number of hydrogen-bond donors (Lipinski definition) is 1. The SMILES string of the molecule is CC(C)(C)OC(=O)N1CCC(Nc2cc(Cl)ccc2Cl)C1. The fraction of sp³-hybridized carbons (Fsp3) is 0.533. The van der Waals surface area contributed by atoms with Crippen LogP contribution in [-0.4, -0.2) is 35.7 Å². The van der Waals surface area contributed by atoms with Gasteiger partial charge in [-0.25, -0.2) is 4.79 Å². The standard InChI is InChI=1S/C15H20Cl2N2O2/c1-15(2,3)21-14(20)19-7-6-11(9-19)18-13-8-10(16)4-5-12(13)17/h4-5,8,11,18H,6-7,9H2,1-3H3. The average molecular weight is 331 g/mol. The molecule has 0 radical (unpaired) electrons. The van der Waals surface area contributed by atoms with Crippen LogP contribution in [0, 0.1) is 0 Å². The van der Waals surface area contributed by atoms with Crippen LogP contribution in [0.25, 0.3) is 0 Å². The molecule has 1 aromatic rings. The van der Waals surface area contributed by atoms with Crippen LogP contribution in [0.4, 0.5) is 10.5 Å². The zero-order chi connectivity index (χ0) is 15.6. The van der Waals surface area contributed by atoms with Crippen molar-refractivity contribution in [3.05, 3.63) is 28.2 Å². The van der Waals surface area contributed by atoms with E-state index in [1.54, 1.807) is 23.1 Å². The van der Waals surface area contributed by atoms with E-state index in [-0.39, 0.29) is 12.1 Å². The first-order chi connectivity index (χ1) is 9.74. The Hall–Kier alpha value is -1.13. The topological polar surface area (TPSA) is 41.6 Å². The normalized spacial score (nSPS) is 18.7. The summed E-state index contributed by atoms with van der Waals surface area (Å²) >= 11 is 12.1. The molecule has 1 aromatic carbocycles. The first kappa shape index (κ1) is 16.2. The molecule has 21 heavy (non-hydrogen) atoms. The van der Waals surface area contributed by atoms with Gasteiger partial charge in [-0.2, -0.15) is 0 Å². The number of nitrogens with one attached hydrogen (secondary N) is 1. The Bertz CT molecular complexity index is 529. The summed E-state index contributed by atoms with van der Waals surface area (Å²) in [6.07, 6.45) is 0.575. The lowest BCUT2D eigenvalue weighted by Crippen LogP contribution is -2.36. The zero-order valence-corrected chi connectivity index (χ0v) is 14.0. The molecule has 2 rings (SSSR count). The predicted octanol–water partition coefficient (Wildman–Crippen LogP) is 4.41. The highest BCUT2D eigenvalue weighted by Crippen LogP contribution is 2.27. The van der Waals surface area contributed by atoms with Crippen molar-refractivity contribution in [2.75, 3.05) is 18.4 Å². The molecule has 0 spiro atoms. The van der Waals surface area contributed by atoms with Crippen LogP contribution < -0.4 is 5.32 Å². The van der Waals surface area contributed by atoms with Crippen LogP contribution in [0.15, 0.2) is 18.2 Å². The van der Waals surface area contributed by atoms with Crippen molar-refractivity contribution >= 4 is 35.0 Å². The van der Waals surface area contributed by atoms with Crippen molar-refractivity contribution in [3.8, 4) is 0 Å². The Morgan fingerprint density at radius 3 is 2.76 bits per heavy atom. The number of nitrogens with zero attached hydrogens (tertiary/aromatic N) is 1. The minimum atomic E-state index is -0.473. The molecule has 6 heteroatoms. The second-order valence-corrected chi connectivity index (χ2v) is 7.02. The second-order valence-electron chi connectivity index (χ2n) is 6.18. The Balaban J connectivity index is 1.93. The molecule has 0 saturated carbocycles. The van der Waals surface area contributed by atoms with Crippen molar-refractivity contribution < 1.29 is 9.53 Å². The number of benzene rings is 1. The first-order valence-electron chi connectivity index (χ1n) is 6.94. The second kappa shape index (κ2) is 6.32. The molecule has 1 atom stereocenters. The first-order valence-corrected chi connectivity index (χ1v) is 7.70. The van der Waals surface area contributed by atoms with Gasteiger partial charge < -0.3 is 15.0 Å². The Labute approximate surface area is 135 Å². The number of anilines is 1. The molecule has 0 aliphatic carbocycles. The van der Waals surface area contributed by atoms with E-state index >= 15 is 0 Å². The largest absolute Gasteiger partial charge is 0.444 e. The van der Waals surface area contributed by atoms with E-state index in [0.29, 0.717) is 23.1 Å². The van der Waals surface area contributed by atoms with Crippen molar-refractivity contribution in [3.63, 3.8) is 0 Å². The third-order valence-electron chi connectivity index (χ3n) is 3.13. The summed E-state index contributed by atoms with van der Waals surface area (Å²) in [6, 6.07) is 5.44. The zero-order valence-electron chi connectivity index (χ0n) is 12.5. The summed E-state index contributed by atoms with van der Waals surface area (Å²) in [5.41, 5.74) is 0.319. The maximum Gasteiger partial charge on any atom is 0.410 e. The minimum absolute atomic E-state index is 0.147. The average Bonchev–Trinajstić information content (AvgIpc) is 2.80. The number of hydrogen-bond acceptors (Lipinski definition) is 3. The van der Waals surface area contributed by atoms with E-state index in [1.807, 2.05) is 20.8 Å². The van der Waals surface area contributed by atoms with Gasteiger partial charge >= 0.3 is 6.09 Å². The lowest BCUT2D eigenvalue weighted by atomic mass is 10.2. The number of ether oxygens (including phenoxy) is 1. The molecule has 1 unspecified atom stereocenters. The van der Waals surface area contributed by atoms with Gasteiger partial charge in [-0.15, -0.1) is 0 Å². The van der Waals surface area contributed by atoms with Gasteiger partial charge in [0.1, 0.15) is 5.60 Å². The predicted molar refractivity (Wildman–Crippen MR) is 86.3 cm³/mol. The fourth-order valence-electron chi connectivity index (χ4n) is 2.20. The minimum Gasteiger partial charge on any atom is -0.444 e. The van der Waals surface area contributed by atoms with Gasteiger partial charge in [0, 0.05) is 24.2 Å². The monoisotopic (exact) mass is 330 g/mol. The quantitative estimate of drug-likeness (QED) is 0.872. The van der Waals surface area contributed by atoms with Gasteiger partial charge in [-0.3, -0.25) is 0 Å². The van der Waals surface area contributed by atoms with Crippen LogP contribution in [0.2, 0.25) is 10.0 Å². The molecule has 0 aromatic heterocycles. The highest BCUT2D eigenvalue weighted by Gasteiger charge is 2.29. The number of halogens is 2. The van der Waals surface area contributed by atoms with E-state index in [1.165, 1.54) is 0 Å². The smallest absolute Gasteiger partial charge is 0.410 e. The van der Waals surface area contributed by atoms with E-state index in [2.05, 4.69) is 5.32 Å². The van der Waals surface area contributed by atoms with Crippen LogP contribution in [0.1, 0.15) is 27.2 Å². The summed E-state index contributed by atoms with van der Waals surface area (Å²) in [7, 11) is 0. The molecule has 1 heterocycles. The Kier molecular flexibility index (Phi) is 4.89. The summed E-state index contributed by atoms with van der Waals surface area (Å²) in [5, 5.41) is 4.58. The van der Waals surface area contributed by atoms with Crippen LogP contribution in [0.3, 0.4) is 0 Å². The molecule has 0 bridgehead atoms. The molecule has 1 fully saturated rings. The van der Waals surface area contributed by atoms with Crippen molar-refractivity contribution in [2.45, 2.75) is 38.8 Å². The molecule has 1 saturated heterocycles. The highest BCUT2D eigenvalue weighted by molar-refractivity contribution is 6.35. The van der Waals surface area contributed by atoms with Gasteiger partial charge in [0.05, 0.1) is 10.7 Å². The molecule has 116 valence electrons. The van der Waals surface area contributed by atoms with E-state index in [9.17, 15) is 4.79 Å². The lowest BCUT2D eigenvalue weighted by Gasteiger charge is -2.24. The summed E-state index contributed by atoms with van der Waals surface area (Å²) in [4.78, 5) is 13.7. The number of carbonyl (C=O) groups is 1. The van der Waals surface area contributed by atoms with E-state index in [4.69, 9.17) is 27.9 Å². The maximum absolute atomic E-state index is 12.0. The third-order valence-corrected chi connectivity index (χ3v) is 3.69. The van der Waals surface area contributed by atoms with Gasteiger partial charge in [0.2, 0.25) is 0 Å². The Morgan fingerprint density at radius 1 is 1.38 bits per heavy atom. The maximum atomic E-state index is 12.0. The lowest BCUT2D eigenvalue weighted by molar-refractivity contribution is 0.0293. The summed E-state index contributed by atoms with van der Waals surface area (Å²) < 4.78 is 5.38. The molecule has 1 aliphatic rings. The molecule has 4 nitrogen and oxygen atoms in total. The van der Waals surface area contributed by atoms with Gasteiger partial charge in [-0.05, 0) is 45.4 Å². The van der Waals surface area contributed by atoms with E-state index < -0.39 is 5.60 Å². The fourth-order valence-corrected chi connectivity index (χ4v) is 2.54. The number of carbonyl (C=O) groups excluding carboxylic acids is 1. The third kappa shape index (κ3) is 4.68. The van der Waals surface area contributed by atoms with Gasteiger partial charge in [0.15, 0.2) is 0 Å². The molecule has 1 amide bonds. The van der Waals surface area contributed by atoms with Crippen LogP contribution >= 0.6 is 23.2 Å². The van der Waals surface area contributed by atoms with Crippen LogP contribution in [0.5, 0.6) is 0 Å². The molecular weight excluding hydrogens is 311 g/mol. The molecular formula is C15H20Cl2N2O2. The molecule has 1 N–H and O–H groups in total. The molecule has 1 aliphatic heterocycles. The van der Waals surface area contributed by atoms with Crippen molar-refractivity contribution in [1.82, 2.24) is 4.90 Å². The summed E-state index contributed by atoms with van der Waals surface area (Å²) in [6.45, 7) is 6.86. The van der Waals surface area contributed by atoms with Gasteiger partial charge in [-0.1, -0.05) is 23.2 Å². The van der Waals surface area contributed by atoms with Crippen LogP contribution in [-0.2, 0) is 4.74 Å². The summed E-state index contributed by atoms with van der Waals surface area (Å²) in [5.74, 6) is 0. The van der Waals surface area contributed by atoms with Gasteiger partial charge in [0.25, 0.3) is 0 Å². The number of likely N-dealkylation sites (tertiary alicyclic amines) is 1. The van der Waals surface area contributed by atoms with Crippen molar-refractivity contribution in [2.24, 2.45) is 0 Å². The number of rotatable bonds is 2. The van der Waals surface area contributed by atoms with Crippen molar-refractivity contribution in [1.29, 1.82) is 0 Å². The number of amides is 1.